The van der Waals surface area contributed by atoms with Crippen molar-refractivity contribution in [1.29, 1.82) is 0 Å². The molecule has 2 heterocycles. The van der Waals surface area contributed by atoms with Crippen molar-refractivity contribution < 1.29 is 41.4 Å². The van der Waals surface area contributed by atoms with Crippen LogP contribution in [0.1, 0.15) is 48.0 Å². The van der Waals surface area contributed by atoms with Gasteiger partial charge in [0.05, 0.1) is 38.6 Å². The zero-order chi connectivity index (χ0) is 23.3. The van der Waals surface area contributed by atoms with E-state index in [1.165, 1.54) is 0 Å². The van der Waals surface area contributed by atoms with Crippen molar-refractivity contribution in [2.45, 2.75) is 83.7 Å². The lowest BCUT2D eigenvalue weighted by Gasteiger charge is -2.33. The molecule has 0 amide bonds. The normalized spacial score (nSPS) is 28.0. The lowest BCUT2D eigenvalue weighted by atomic mass is 10.1. The summed E-state index contributed by atoms with van der Waals surface area (Å²) < 4.78 is 66.9. The second-order valence-corrected chi connectivity index (χ2v) is 12.2. The lowest BCUT2D eigenvalue weighted by Crippen LogP contribution is -2.35. The maximum Gasteiger partial charge on any atom is 0.345 e. The van der Waals surface area contributed by atoms with E-state index in [1.807, 2.05) is 0 Å². The molecular formula is C17H33N3O9P2. The largest absolute Gasteiger partial charge is 0.346 e. The molecule has 0 unspecified atom stereocenters. The van der Waals surface area contributed by atoms with Crippen LogP contribution in [0, 0.1) is 0 Å². The summed E-state index contributed by atoms with van der Waals surface area (Å²) in [5.41, 5.74) is 9.08. The van der Waals surface area contributed by atoms with Gasteiger partial charge in [0.25, 0.3) is 0 Å². The Morgan fingerprint density at radius 3 is 1.87 bits per heavy atom. The molecule has 0 radical (unpaired) electrons. The molecule has 14 heteroatoms. The first-order chi connectivity index (χ1) is 14.6. The molecule has 180 valence electrons. The van der Waals surface area contributed by atoms with Crippen LogP contribution >= 0.6 is 15.2 Å². The molecule has 2 fully saturated rings. The summed E-state index contributed by atoms with van der Waals surface area (Å²) in [7, 11) is -7.95. The van der Waals surface area contributed by atoms with E-state index in [4.69, 9.17) is 37.8 Å². The molecule has 0 aromatic carbocycles. The predicted molar refractivity (Wildman–Crippen MR) is 112 cm³/mol. The maximum absolute atomic E-state index is 13.7. The fourth-order valence-electron chi connectivity index (χ4n) is 3.73. The summed E-state index contributed by atoms with van der Waals surface area (Å²) >= 11 is 0. The third-order valence-corrected chi connectivity index (χ3v) is 10.8. The first-order valence-electron chi connectivity index (χ1n) is 10.4. The van der Waals surface area contributed by atoms with Crippen LogP contribution in [-0.4, -0.2) is 62.2 Å². The van der Waals surface area contributed by atoms with Crippen molar-refractivity contribution >= 4 is 15.2 Å². The monoisotopic (exact) mass is 485 g/mol. The van der Waals surface area contributed by atoms with Gasteiger partial charge in [-0.15, -0.1) is 0 Å². The van der Waals surface area contributed by atoms with Crippen LogP contribution in [0.4, 0.5) is 0 Å². The van der Waals surface area contributed by atoms with E-state index in [0.29, 0.717) is 0 Å². The fourth-order valence-corrected chi connectivity index (χ4v) is 9.12. The minimum absolute atomic E-state index is 0.0585. The highest BCUT2D eigenvalue weighted by atomic mass is 31.2. The average molecular weight is 485 g/mol. The Kier molecular flexibility index (Phi) is 9.55. The number of rotatable bonds is 13. The molecule has 31 heavy (non-hydrogen) atoms. The SMILES string of the molecule is CCOP(=O)(OCC)C(C[C@@H]1O[C@H]2OC(C)(C)O[C@H]2[C@@H]1N=[N+]=[N-])P(=O)(OCC)OCC. The maximum atomic E-state index is 13.7. The van der Waals surface area contributed by atoms with E-state index < -0.39 is 50.9 Å². The van der Waals surface area contributed by atoms with Gasteiger partial charge in [-0.25, -0.2) is 0 Å². The number of azide groups is 1. The number of hydrogen-bond donors (Lipinski definition) is 0. The summed E-state index contributed by atoms with van der Waals surface area (Å²) in [6.07, 6.45) is -2.45. The van der Waals surface area contributed by atoms with E-state index >= 15 is 0 Å². The average Bonchev–Trinajstić information content (AvgIpc) is 3.13. The summed E-state index contributed by atoms with van der Waals surface area (Å²) in [6.45, 7) is 10.3. The first-order valence-corrected chi connectivity index (χ1v) is 13.6. The van der Waals surface area contributed by atoms with Crippen LogP contribution in [0.5, 0.6) is 0 Å². The van der Waals surface area contributed by atoms with Gasteiger partial charge in [-0.05, 0) is 53.5 Å². The molecule has 0 spiro atoms. The zero-order valence-corrected chi connectivity index (χ0v) is 20.6. The molecule has 0 aromatic heterocycles. The Bertz CT molecular complexity index is 696. The highest BCUT2D eigenvalue weighted by Gasteiger charge is 2.58. The van der Waals surface area contributed by atoms with Gasteiger partial charge in [0.2, 0.25) is 0 Å². The smallest absolute Gasteiger partial charge is 0.345 e. The molecule has 0 bridgehead atoms. The minimum Gasteiger partial charge on any atom is -0.346 e. The van der Waals surface area contributed by atoms with Crippen molar-refractivity contribution in [3.05, 3.63) is 10.4 Å². The quantitative estimate of drug-likeness (QED) is 0.155. The molecular weight excluding hydrogens is 452 g/mol. The number of nitrogens with zero attached hydrogens (tertiary/aromatic N) is 3. The number of fused-ring (bicyclic) bond motifs is 1. The Hall–Kier alpha value is -0.510. The topological polar surface area (TPSA) is 148 Å². The minimum atomic E-state index is -3.97. The molecule has 2 aliphatic rings. The Labute approximate surface area is 182 Å². The lowest BCUT2D eigenvalue weighted by molar-refractivity contribution is -0.206. The van der Waals surface area contributed by atoms with Gasteiger partial charge in [0.15, 0.2) is 17.5 Å². The first kappa shape index (κ1) is 26.7. The molecule has 2 rings (SSSR count). The number of ether oxygens (including phenoxy) is 3. The van der Waals surface area contributed by atoms with Crippen molar-refractivity contribution in [2.75, 3.05) is 26.4 Å². The van der Waals surface area contributed by atoms with Crippen LogP contribution < -0.4 is 0 Å². The van der Waals surface area contributed by atoms with Gasteiger partial charge in [0, 0.05) is 4.91 Å². The van der Waals surface area contributed by atoms with Crippen molar-refractivity contribution in [3.8, 4) is 0 Å². The van der Waals surface area contributed by atoms with Crippen molar-refractivity contribution in [2.24, 2.45) is 5.11 Å². The van der Waals surface area contributed by atoms with Gasteiger partial charge in [-0.2, -0.15) is 0 Å². The van der Waals surface area contributed by atoms with Crippen LogP contribution in [0.3, 0.4) is 0 Å². The summed E-state index contributed by atoms with van der Waals surface area (Å²) in [6, 6.07) is -0.812. The standard InChI is InChI=1S/C17H33N3O9P2/c1-7-23-30(21,24-8-2)13(31(22,25-9-3)26-10-4)11-12-14(19-20-18)15-16(27-12)29-17(5,6)28-15/h12-16H,7-11H2,1-6H3/t12-,14+,15-,16-/m0/s1. The van der Waals surface area contributed by atoms with Crippen LogP contribution in [0.2, 0.25) is 0 Å². The highest BCUT2D eigenvalue weighted by molar-refractivity contribution is 7.72. The fraction of sp³-hybridized carbons (Fsp3) is 1.00. The van der Waals surface area contributed by atoms with Crippen molar-refractivity contribution in [3.63, 3.8) is 0 Å². The molecule has 0 N–H and O–H groups in total. The Morgan fingerprint density at radius 2 is 1.45 bits per heavy atom. The number of hydrogen-bond acceptors (Lipinski definition) is 10. The van der Waals surface area contributed by atoms with Crippen LogP contribution in [0.25, 0.3) is 10.4 Å². The molecule has 0 aliphatic carbocycles. The summed E-state index contributed by atoms with van der Waals surface area (Å²) in [5, 5.41) is 2.52. The van der Waals surface area contributed by atoms with E-state index in [-0.39, 0.29) is 32.8 Å². The second kappa shape index (κ2) is 11.1. The molecule has 12 nitrogen and oxygen atoms in total. The molecule has 4 atom stereocenters. The van der Waals surface area contributed by atoms with Gasteiger partial charge in [0.1, 0.15) is 6.10 Å². The van der Waals surface area contributed by atoms with Gasteiger partial charge < -0.3 is 32.3 Å². The highest BCUT2D eigenvalue weighted by Crippen LogP contribution is 2.72. The predicted octanol–water partition coefficient (Wildman–Crippen LogP) is 4.79. The second-order valence-electron chi connectivity index (χ2n) is 7.31. The molecule has 0 aromatic rings. The van der Waals surface area contributed by atoms with Gasteiger partial charge in [-0.3, -0.25) is 9.13 Å². The Balaban J connectivity index is 2.43. The zero-order valence-electron chi connectivity index (χ0n) is 18.8. The third kappa shape index (κ3) is 6.09. The summed E-state index contributed by atoms with van der Waals surface area (Å²) in [4.78, 5) is 2.90. The van der Waals surface area contributed by atoms with E-state index in [0.717, 1.165) is 0 Å². The van der Waals surface area contributed by atoms with Gasteiger partial charge in [-0.1, -0.05) is 5.11 Å². The molecule has 2 aliphatic heterocycles. The van der Waals surface area contributed by atoms with Crippen molar-refractivity contribution in [1.82, 2.24) is 0 Å². The third-order valence-electron chi connectivity index (χ3n) is 4.71. The van der Waals surface area contributed by atoms with Crippen LogP contribution in [0.15, 0.2) is 5.11 Å². The molecule has 2 saturated heterocycles. The van der Waals surface area contributed by atoms with E-state index in [1.54, 1.807) is 41.5 Å². The Morgan fingerprint density at radius 1 is 0.968 bits per heavy atom. The molecule has 0 saturated carbocycles. The summed E-state index contributed by atoms with van der Waals surface area (Å²) in [5.74, 6) is -0.916. The van der Waals surface area contributed by atoms with Crippen LogP contribution in [-0.2, 0) is 41.4 Å². The van der Waals surface area contributed by atoms with Gasteiger partial charge >= 0.3 is 15.2 Å². The van der Waals surface area contributed by atoms with E-state index in [2.05, 4.69) is 10.0 Å². The van der Waals surface area contributed by atoms with E-state index in [9.17, 15) is 9.13 Å².